The molecule has 0 bridgehead atoms. The Labute approximate surface area is 96.3 Å². The molecule has 3 heteroatoms. The van der Waals surface area contributed by atoms with Gasteiger partial charge in [-0.2, -0.15) is 0 Å². The maximum Gasteiger partial charge on any atom is 0.0450 e. The maximum absolute atomic E-state index is 8.70. The van der Waals surface area contributed by atoms with Crippen LogP contribution in [0.25, 0.3) is 0 Å². The lowest BCUT2D eigenvalue weighted by Crippen LogP contribution is -2.25. The summed E-state index contributed by atoms with van der Waals surface area (Å²) in [6.45, 7) is 3.16. The minimum absolute atomic E-state index is 0.262. The fourth-order valence-electron chi connectivity index (χ4n) is 1.43. The van der Waals surface area contributed by atoms with Crippen molar-refractivity contribution in [1.82, 2.24) is 5.32 Å². The highest BCUT2D eigenvalue weighted by molar-refractivity contribution is 6.31. The first-order valence-electron chi connectivity index (χ1n) is 5.31. The molecule has 0 fully saturated rings. The third-order valence-corrected chi connectivity index (χ3v) is 2.76. The van der Waals surface area contributed by atoms with E-state index in [0.29, 0.717) is 6.04 Å². The van der Waals surface area contributed by atoms with Crippen LogP contribution in [0.1, 0.15) is 25.3 Å². The first-order chi connectivity index (χ1) is 7.24. The van der Waals surface area contributed by atoms with Gasteiger partial charge in [-0.1, -0.05) is 29.8 Å². The Hall–Kier alpha value is -0.570. The number of halogens is 1. The minimum Gasteiger partial charge on any atom is -0.396 e. The van der Waals surface area contributed by atoms with E-state index < -0.39 is 0 Å². The second-order valence-corrected chi connectivity index (χ2v) is 4.15. The molecule has 2 nitrogen and oxygen atoms in total. The monoisotopic (exact) mass is 227 g/mol. The van der Waals surface area contributed by atoms with Gasteiger partial charge in [0.1, 0.15) is 0 Å². The highest BCUT2D eigenvalue weighted by Crippen LogP contribution is 2.14. The molecule has 15 heavy (non-hydrogen) atoms. The van der Waals surface area contributed by atoms with Crippen LogP contribution in [-0.2, 0) is 6.54 Å². The van der Waals surface area contributed by atoms with Gasteiger partial charge in [0, 0.05) is 24.2 Å². The first kappa shape index (κ1) is 12.5. The third kappa shape index (κ3) is 4.65. The zero-order valence-electron chi connectivity index (χ0n) is 9.04. The van der Waals surface area contributed by atoms with Gasteiger partial charge >= 0.3 is 0 Å². The van der Waals surface area contributed by atoms with E-state index in [1.165, 1.54) is 0 Å². The normalized spacial score (nSPS) is 12.7. The summed E-state index contributed by atoms with van der Waals surface area (Å²) >= 11 is 6.03. The quantitative estimate of drug-likeness (QED) is 0.783. The number of nitrogens with one attached hydrogen (secondary N) is 1. The number of aliphatic hydroxyl groups is 1. The molecule has 1 aromatic carbocycles. The molecule has 1 rings (SSSR count). The topological polar surface area (TPSA) is 32.3 Å². The molecule has 0 aromatic heterocycles. The summed E-state index contributed by atoms with van der Waals surface area (Å²) in [5.74, 6) is 0. The molecule has 0 aliphatic heterocycles. The van der Waals surface area contributed by atoms with E-state index >= 15 is 0 Å². The molecule has 0 radical (unpaired) electrons. The molecular formula is C12H18ClNO. The van der Waals surface area contributed by atoms with Crippen molar-refractivity contribution in [3.8, 4) is 0 Å². The number of hydrogen-bond donors (Lipinski definition) is 2. The van der Waals surface area contributed by atoms with E-state index in [1.807, 2.05) is 24.3 Å². The van der Waals surface area contributed by atoms with Crippen LogP contribution >= 0.6 is 11.6 Å². The minimum atomic E-state index is 0.262. The van der Waals surface area contributed by atoms with Crippen molar-refractivity contribution >= 4 is 11.6 Å². The molecule has 0 aliphatic rings. The molecular weight excluding hydrogens is 210 g/mol. The zero-order valence-corrected chi connectivity index (χ0v) is 9.80. The molecule has 2 N–H and O–H groups in total. The van der Waals surface area contributed by atoms with Gasteiger partial charge < -0.3 is 10.4 Å². The number of rotatable bonds is 6. The molecule has 0 spiro atoms. The van der Waals surface area contributed by atoms with Crippen molar-refractivity contribution in [2.24, 2.45) is 0 Å². The Balaban J connectivity index is 2.33. The van der Waals surface area contributed by atoms with Gasteiger partial charge in [0.05, 0.1) is 0 Å². The summed E-state index contributed by atoms with van der Waals surface area (Å²) in [5, 5.41) is 12.9. The van der Waals surface area contributed by atoms with Crippen LogP contribution in [0, 0.1) is 0 Å². The third-order valence-electron chi connectivity index (χ3n) is 2.39. The summed E-state index contributed by atoms with van der Waals surface area (Å²) in [6, 6.07) is 8.25. The van der Waals surface area contributed by atoms with Crippen LogP contribution in [0.4, 0.5) is 0 Å². The molecule has 0 saturated carbocycles. The Kier molecular flexibility index (Phi) is 5.69. The smallest absolute Gasteiger partial charge is 0.0450 e. The lowest BCUT2D eigenvalue weighted by molar-refractivity contribution is 0.276. The second-order valence-electron chi connectivity index (χ2n) is 3.74. The maximum atomic E-state index is 8.70. The first-order valence-corrected chi connectivity index (χ1v) is 5.69. The standard InChI is InChI=1S/C12H18ClNO/c1-10(5-4-8-15)14-9-11-6-2-3-7-12(11)13/h2-3,6-7,10,14-15H,4-5,8-9H2,1H3/t10-/m0/s1. The molecule has 1 aromatic rings. The largest absolute Gasteiger partial charge is 0.396 e. The van der Waals surface area contributed by atoms with Gasteiger partial charge in [0.2, 0.25) is 0 Å². The number of aliphatic hydroxyl groups excluding tert-OH is 1. The number of hydrogen-bond acceptors (Lipinski definition) is 2. The van der Waals surface area contributed by atoms with E-state index in [4.69, 9.17) is 16.7 Å². The average molecular weight is 228 g/mol. The summed E-state index contributed by atoms with van der Waals surface area (Å²) in [6.07, 6.45) is 1.83. The number of benzene rings is 1. The van der Waals surface area contributed by atoms with E-state index in [2.05, 4.69) is 12.2 Å². The lowest BCUT2D eigenvalue weighted by Gasteiger charge is -2.13. The van der Waals surface area contributed by atoms with Crippen molar-refractivity contribution in [2.45, 2.75) is 32.4 Å². The Morgan fingerprint density at radius 3 is 2.80 bits per heavy atom. The molecule has 84 valence electrons. The van der Waals surface area contributed by atoms with Gasteiger partial charge in [0.25, 0.3) is 0 Å². The van der Waals surface area contributed by atoms with Crippen molar-refractivity contribution < 1.29 is 5.11 Å². The van der Waals surface area contributed by atoms with Gasteiger partial charge in [-0.05, 0) is 31.4 Å². The summed E-state index contributed by atoms with van der Waals surface area (Å²) in [4.78, 5) is 0. The summed E-state index contributed by atoms with van der Waals surface area (Å²) in [5.41, 5.74) is 1.12. The van der Waals surface area contributed by atoms with E-state index in [9.17, 15) is 0 Å². The Bertz CT molecular complexity index is 291. The zero-order chi connectivity index (χ0) is 11.1. The van der Waals surface area contributed by atoms with Crippen molar-refractivity contribution in [1.29, 1.82) is 0 Å². The van der Waals surface area contributed by atoms with Crippen LogP contribution in [-0.4, -0.2) is 17.8 Å². The van der Waals surface area contributed by atoms with Crippen LogP contribution in [0.3, 0.4) is 0 Å². The summed E-state index contributed by atoms with van der Waals surface area (Å²) < 4.78 is 0. The highest BCUT2D eigenvalue weighted by atomic mass is 35.5. The predicted molar refractivity (Wildman–Crippen MR) is 64.1 cm³/mol. The lowest BCUT2D eigenvalue weighted by atomic mass is 10.1. The predicted octanol–water partition coefficient (Wildman–Crippen LogP) is 2.59. The van der Waals surface area contributed by atoms with Crippen molar-refractivity contribution in [3.63, 3.8) is 0 Å². The van der Waals surface area contributed by atoms with E-state index in [-0.39, 0.29) is 6.61 Å². The molecule has 0 aliphatic carbocycles. The second kappa shape index (κ2) is 6.83. The highest BCUT2D eigenvalue weighted by Gasteiger charge is 2.02. The Morgan fingerprint density at radius 1 is 1.40 bits per heavy atom. The SMILES string of the molecule is C[C@@H](CCCO)NCc1ccccc1Cl. The molecule has 0 saturated heterocycles. The van der Waals surface area contributed by atoms with E-state index in [1.54, 1.807) is 0 Å². The van der Waals surface area contributed by atoms with Gasteiger partial charge in [-0.15, -0.1) is 0 Å². The Morgan fingerprint density at radius 2 is 2.13 bits per heavy atom. The van der Waals surface area contributed by atoms with Gasteiger partial charge in [0.15, 0.2) is 0 Å². The fraction of sp³-hybridized carbons (Fsp3) is 0.500. The fourth-order valence-corrected chi connectivity index (χ4v) is 1.63. The van der Waals surface area contributed by atoms with Crippen LogP contribution in [0.5, 0.6) is 0 Å². The molecule has 1 atom stereocenters. The molecule has 0 amide bonds. The van der Waals surface area contributed by atoms with Crippen LogP contribution in [0.15, 0.2) is 24.3 Å². The molecule has 0 unspecified atom stereocenters. The van der Waals surface area contributed by atoms with Gasteiger partial charge in [-0.25, -0.2) is 0 Å². The molecule has 0 heterocycles. The summed E-state index contributed by atoms with van der Waals surface area (Å²) in [7, 11) is 0. The van der Waals surface area contributed by atoms with E-state index in [0.717, 1.165) is 30.0 Å². The average Bonchev–Trinajstić information content (AvgIpc) is 2.25. The van der Waals surface area contributed by atoms with Crippen LogP contribution in [0.2, 0.25) is 5.02 Å². The van der Waals surface area contributed by atoms with Gasteiger partial charge in [-0.3, -0.25) is 0 Å². The van der Waals surface area contributed by atoms with Crippen molar-refractivity contribution in [3.05, 3.63) is 34.9 Å². The van der Waals surface area contributed by atoms with Crippen LogP contribution < -0.4 is 5.32 Å². The van der Waals surface area contributed by atoms with Crippen molar-refractivity contribution in [2.75, 3.05) is 6.61 Å².